The lowest BCUT2D eigenvalue weighted by atomic mass is 9.69. The summed E-state index contributed by atoms with van der Waals surface area (Å²) in [6.07, 6.45) is 8.62. The number of halogens is 1. The fourth-order valence-electron chi connectivity index (χ4n) is 3.59. The van der Waals surface area contributed by atoms with Gasteiger partial charge in [0.15, 0.2) is 0 Å². The molecule has 1 aliphatic rings. The fraction of sp³-hybridized carbons (Fsp3) is 0.500. The Kier molecular flexibility index (Phi) is 3.32. The Hall–Kier alpha value is -0.990. The van der Waals surface area contributed by atoms with E-state index in [2.05, 4.69) is 23.9 Å². The molecule has 0 atom stereocenters. The van der Waals surface area contributed by atoms with Crippen molar-refractivity contribution in [2.45, 2.75) is 37.5 Å². The SMILES string of the molecule is Cn1cc(C2(CN)CCCCC2)c2ccc(Cl)cc21. The first-order valence-corrected chi connectivity index (χ1v) is 7.49. The maximum atomic E-state index is 6.17. The number of nitrogens with two attached hydrogens (primary N) is 1. The van der Waals surface area contributed by atoms with E-state index in [1.54, 1.807) is 0 Å². The lowest BCUT2D eigenvalue weighted by molar-refractivity contribution is 0.302. The van der Waals surface area contributed by atoms with Gasteiger partial charge in [-0.1, -0.05) is 36.9 Å². The molecule has 1 aliphatic carbocycles. The van der Waals surface area contributed by atoms with E-state index in [4.69, 9.17) is 17.3 Å². The van der Waals surface area contributed by atoms with Crippen molar-refractivity contribution in [2.24, 2.45) is 12.8 Å². The van der Waals surface area contributed by atoms with Crippen molar-refractivity contribution in [3.63, 3.8) is 0 Å². The highest BCUT2D eigenvalue weighted by Gasteiger charge is 2.34. The summed E-state index contributed by atoms with van der Waals surface area (Å²) in [6, 6.07) is 6.19. The van der Waals surface area contributed by atoms with Gasteiger partial charge in [-0.05, 0) is 30.5 Å². The molecule has 102 valence electrons. The third kappa shape index (κ3) is 2.07. The standard InChI is InChI=1S/C16H21ClN2/c1-19-10-14(13-6-5-12(17)9-15(13)19)16(11-18)7-3-2-4-8-16/h5-6,9-10H,2-4,7-8,11,18H2,1H3. The molecule has 1 fully saturated rings. The second-order valence-electron chi connectivity index (χ2n) is 5.86. The van der Waals surface area contributed by atoms with Crippen LogP contribution in [0.3, 0.4) is 0 Å². The largest absolute Gasteiger partial charge is 0.350 e. The average Bonchev–Trinajstić information content (AvgIpc) is 2.77. The van der Waals surface area contributed by atoms with Crippen LogP contribution in [0.2, 0.25) is 5.02 Å². The Morgan fingerprint density at radius 1 is 1.26 bits per heavy atom. The van der Waals surface area contributed by atoms with Crippen LogP contribution in [0.15, 0.2) is 24.4 Å². The van der Waals surface area contributed by atoms with Gasteiger partial charge in [0.05, 0.1) is 0 Å². The van der Waals surface area contributed by atoms with Crippen LogP contribution in [0.25, 0.3) is 10.9 Å². The van der Waals surface area contributed by atoms with Gasteiger partial charge in [0, 0.05) is 41.1 Å². The molecule has 1 aromatic carbocycles. The molecule has 0 aliphatic heterocycles. The quantitative estimate of drug-likeness (QED) is 0.883. The highest BCUT2D eigenvalue weighted by Crippen LogP contribution is 2.42. The van der Waals surface area contributed by atoms with Crippen LogP contribution in [0.1, 0.15) is 37.7 Å². The van der Waals surface area contributed by atoms with Gasteiger partial charge in [-0.2, -0.15) is 0 Å². The number of hydrogen-bond donors (Lipinski definition) is 1. The zero-order chi connectivity index (χ0) is 13.5. The zero-order valence-corrected chi connectivity index (χ0v) is 12.2. The first-order chi connectivity index (χ1) is 9.16. The van der Waals surface area contributed by atoms with E-state index >= 15 is 0 Å². The summed E-state index contributed by atoms with van der Waals surface area (Å²) in [6.45, 7) is 0.745. The topological polar surface area (TPSA) is 30.9 Å². The minimum atomic E-state index is 0.172. The molecular formula is C16H21ClN2. The van der Waals surface area contributed by atoms with Crippen molar-refractivity contribution in [1.29, 1.82) is 0 Å². The lowest BCUT2D eigenvalue weighted by Gasteiger charge is -2.36. The van der Waals surface area contributed by atoms with Gasteiger partial charge < -0.3 is 10.3 Å². The summed E-state index contributed by atoms with van der Waals surface area (Å²) >= 11 is 6.12. The van der Waals surface area contributed by atoms with Crippen LogP contribution in [0.5, 0.6) is 0 Å². The molecule has 0 unspecified atom stereocenters. The van der Waals surface area contributed by atoms with Crippen LogP contribution in [0.4, 0.5) is 0 Å². The van der Waals surface area contributed by atoms with Crippen molar-refractivity contribution in [3.8, 4) is 0 Å². The van der Waals surface area contributed by atoms with Crippen molar-refractivity contribution in [2.75, 3.05) is 6.54 Å². The van der Waals surface area contributed by atoms with E-state index in [-0.39, 0.29) is 5.41 Å². The number of hydrogen-bond acceptors (Lipinski definition) is 1. The van der Waals surface area contributed by atoms with Crippen LogP contribution in [-0.4, -0.2) is 11.1 Å². The summed E-state index contributed by atoms with van der Waals surface area (Å²) < 4.78 is 2.18. The summed E-state index contributed by atoms with van der Waals surface area (Å²) in [4.78, 5) is 0. The van der Waals surface area contributed by atoms with Gasteiger partial charge in [-0.3, -0.25) is 0 Å². The predicted molar refractivity (Wildman–Crippen MR) is 81.7 cm³/mol. The van der Waals surface area contributed by atoms with Gasteiger partial charge in [-0.15, -0.1) is 0 Å². The van der Waals surface area contributed by atoms with Gasteiger partial charge in [0.1, 0.15) is 0 Å². The third-order valence-corrected chi connectivity index (χ3v) is 4.96. The molecule has 2 nitrogen and oxygen atoms in total. The molecule has 1 heterocycles. The van der Waals surface area contributed by atoms with E-state index in [0.29, 0.717) is 0 Å². The van der Waals surface area contributed by atoms with Gasteiger partial charge in [0.25, 0.3) is 0 Å². The Balaban J connectivity index is 2.18. The predicted octanol–water partition coefficient (Wildman–Crippen LogP) is 3.99. The van der Waals surface area contributed by atoms with Crippen molar-refractivity contribution in [3.05, 3.63) is 35.0 Å². The summed E-state index contributed by atoms with van der Waals surface area (Å²) in [5.74, 6) is 0. The number of benzene rings is 1. The molecule has 1 saturated carbocycles. The summed E-state index contributed by atoms with van der Waals surface area (Å²) in [5, 5.41) is 2.12. The minimum absolute atomic E-state index is 0.172. The third-order valence-electron chi connectivity index (χ3n) is 4.73. The Bertz CT molecular complexity index is 594. The number of aromatic nitrogens is 1. The molecule has 0 radical (unpaired) electrons. The molecule has 2 N–H and O–H groups in total. The number of fused-ring (bicyclic) bond motifs is 1. The normalized spacial score (nSPS) is 18.9. The van der Waals surface area contributed by atoms with Gasteiger partial charge in [0.2, 0.25) is 0 Å². The molecule has 0 spiro atoms. The van der Waals surface area contributed by atoms with E-state index in [1.807, 2.05) is 12.1 Å². The van der Waals surface area contributed by atoms with E-state index in [9.17, 15) is 0 Å². The maximum Gasteiger partial charge on any atom is 0.0495 e. The first kappa shape index (κ1) is 13.0. The fourth-order valence-corrected chi connectivity index (χ4v) is 3.76. The minimum Gasteiger partial charge on any atom is -0.350 e. The Morgan fingerprint density at radius 2 is 2.00 bits per heavy atom. The van der Waals surface area contributed by atoms with Crippen LogP contribution >= 0.6 is 11.6 Å². The average molecular weight is 277 g/mol. The summed E-state index contributed by atoms with van der Waals surface area (Å²) in [5.41, 5.74) is 8.97. The number of rotatable bonds is 2. The van der Waals surface area contributed by atoms with Crippen LogP contribution in [-0.2, 0) is 12.5 Å². The van der Waals surface area contributed by atoms with E-state index in [0.717, 1.165) is 11.6 Å². The Labute approximate surface area is 119 Å². The number of aryl methyl sites for hydroxylation is 1. The smallest absolute Gasteiger partial charge is 0.0495 e. The van der Waals surface area contributed by atoms with Crippen LogP contribution < -0.4 is 5.73 Å². The highest BCUT2D eigenvalue weighted by molar-refractivity contribution is 6.31. The highest BCUT2D eigenvalue weighted by atomic mass is 35.5. The molecule has 0 amide bonds. The lowest BCUT2D eigenvalue weighted by Crippen LogP contribution is -2.37. The molecule has 0 bridgehead atoms. The first-order valence-electron chi connectivity index (χ1n) is 7.11. The maximum absolute atomic E-state index is 6.17. The second kappa shape index (κ2) is 4.84. The Morgan fingerprint density at radius 3 is 2.68 bits per heavy atom. The molecule has 19 heavy (non-hydrogen) atoms. The molecule has 0 saturated heterocycles. The van der Waals surface area contributed by atoms with E-state index in [1.165, 1.54) is 48.6 Å². The molecular weight excluding hydrogens is 256 g/mol. The molecule has 3 rings (SSSR count). The van der Waals surface area contributed by atoms with Crippen molar-refractivity contribution < 1.29 is 0 Å². The zero-order valence-electron chi connectivity index (χ0n) is 11.5. The van der Waals surface area contributed by atoms with Crippen molar-refractivity contribution in [1.82, 2.24) is 4.57 Å². The summed E-state index contributed by atoms with van der Waals surface area (Å²) in [7, 11) is 2.09. The van der Waals surface area contributed by atoms with Crippen molar-refractivity contribution >= 4 is 22.5 Å². The number of nitrogens with zero attached hydrogens (tertiary/aromatic N) is 1. The second-order valence-corrected chi connectivity index (χ2v) is 6.30. The molecule has 3 heteroatoms. The monoisotopic (exact) mass is 276 g/mol. The van der Waals surface area contributed by atoms with E-state index < -0.39 is 0 Å². The molecule has 1 aromatic heterocycles. The molecule has 2 aromatic rings. The van der Waals surface area contributed by atoms with Gasteiger partial charge >= 0.3 is 0 Å². The van der Waals surface area contributed by atoms with Crippen LogP contribution in [0, 0.1) is 0 Å². The van der Waals surface area contributed by atoms with Gasteiger partial charge in [-0.25, -0.2) is 0 Å².